The first-order valence-corrected chi connectivity index (χ1v) is 12.1. The largest absolute Gasteiger partial charge is 0.480 e. The normalized spacial score (nSPS) is 16.0. The highest BCUT2D eigenvalue weighted by Gasteiger charge is 2.30. The van der Waals surface area contributed by atoms with Gasteiger partial charge < -0.3 is 10.0 Å². The molecule has 2 unspecified atom stereocenters. The number of benzene rings is 3. The second kappa shape index (κ2) is 10.2. The Balaban J connectivity index is 1.27. The molecular weight excluding hydrogens is 454 g/mol. The van der Waals surface area contributed by atoms with Gasteiger partial charge in [0.05, 0.1) is 11.7 Å². The molecule has 0 bridgehead atoms. The first kappa shape index (κ1) is 23.6. The summed E-state index contributed by atoms with van der Waals surface area (Å²) in [5.41, 5.74) is 3.44. The summed E-state index contributed by atoms with van der Waals surface area (Å²) in [6, 6.07) is 26.3. The van der Waals surface area contributed by atoms with E-state index in [-0.39, 0.29) is 11.7 Å². The van der Waals surface area contributed by atoms with Gasteiger partial charge in [0.15, 0.2) is 0 Å². The number of hydrogen-bond acceptors (Lipinski definition) is 5. The maximum Gasteiger partial charge on any atom is 0.350 e. The van der Waals surface area contributed by atoms with Crippen molar-refractivity contribution < 1.29 is 9.90 Å². The van der Waals surface area contributed by atoms with E-state index >= 15 is 0 Å². The number of hydrogen-bond donors (Lipinski definition) is 1. The molecule has 1 fully saturated rings. The SMILES string of the molecule is CC(c1ccccc1)n1ncn(-c2ccc(N3CCN(C(C(=O)O)c4ccccc4)CC3)cc2)c1=O. The first-order chi connectivity index (χ1) is 17.5. The fourth-order valence-electron chi connectivity index (χ4n) is 4.84. The van der Waals surface area contributed by atoms with Crippen LogP contribution in [-0.2, 0) is 4.79 Å². The van der Waals surface area contributed by atoms with Crippen LogP contribution in [0.4, 0.5) is 5.69 Å². The zero-order valence-corrected chi connectivity index (χ0v) is 20.1. The molecule has 1 N–H and O–H groups in total. The molecule has 5 rings (SSSR count). The van der Waals surface area contributed by atoms with Gasteiger partial charge in [0.25, 0.3) is 0 Å². The molecule has 8 nitrogen and oxygen atoms in total. The molecule has 1 aliphatic heterocycles. The number of carbonyl (C=O) groups is 1. The lowest BCUT2D eigenvalue weighted by atomic mass is 10.0. The van der Waals surface area contributed by atoms with E-state index in [9.17, 15) is 14.7 Å². The quantitative estimate of drug-likeness (QED) is 0.433. The number of piperazine rings is 1. The second-order valence-corrected chi connectivity index (χ2v) is 9.01. The third kappa shape index (κ3) is 4.67. The standard InChI is InChI=1S/C28H29N5O3/c1-21(22-8-4-2-5-9-22)33-28(36)32(20-29-33)25-14-12-24(13-15-25)30-16-18-31(19-17-30)26(27(34)35)23-10-6-3-7-11-23/h2-15,20-21,26H,16-19H2,1H3,(H,34,35). The van der Waals surface area contributed by atoms with Crippen molar-refractivity contribution in [2.75, 3.05) is 31.1 Å². The van der Waals surface area contributed by atoms with Crippen LogP contribution < -0.4 is 10.6 Å². The van der Waals surface area contributed by atoms with Crippen LogP contribution in [0.3, 0.4) is 0 Å². The lowest BCUT2D eigenvalue weighted by Crippen LogP contribution is -2.49. The maximum absolute atomic E-state index is 13.0. The van der Waals surface area contributed by atoms with Crippen LogP contribution >= 0.6 is 0 Å². The molecule has 1 aliphatic rings. The van der Waals surface area contributed by atoms with Crippen molar-refractivity contribution in [1.82, 2.24) is 19.2 Å². The van der Waals surface area contributed by atoms with E-state index in [4.69, 9.17) is 0 Å². The molecular formula is C28H29N5O3. The summed E-state index contributed by atoms with van der Waals surface area (Å²) < 4.78 is 3.05. The summed E-state index contributed by atoms with van der Waals surface area (Å²) in [7, 11) is 0. The molecule has 184 valence electrons. The average molecular weight is 484 g/mol. The van der Waals surface area contributed by atoms with Crippen LogP contribution in [0.15, 0.2) is 96.1 Å². The third-order valence-corrected chi connectivity index (χ3v) is 6.86. The molecule has 0 radical (unpaired) electrons. The fourth-order valence-corrected chi connectivity index (χ4v) is 4.84. The van der Waals surface area contributed by atoms with Gasteiger partial charge in [0, 0.05) is 31.9 Å². The van der Waals surface area contributed by atoms with E-state index in [0.717, 1.165) is 35.6 Å². The minimum atomic E-state index is -0.827. The van der Waals surface area contributed by atoms with E-state index < -0.39 is 12.0 Å². The van der Waals surface area contributed by atoms with Crippen molar-refractivity contribution in [3.63, 3.8) is 0 Å². The van der Waals surface area contributed by atoms with Gasteiger partial charge in [-0.3, -0.25) is 9.69 Å². The highest BCUT2D eigenvalue weighted by molar-refractivity contribution is 5.75. The Hall–Kier alpha value is -4.17. The predicted octanol–water partition coefficient (Wildman–Crippen LogP) is 3.59. The minimum Gasteiger partial charge on any atom is -0.480 e. The van der Waals surface area contributed by atoms with Gasteiger partial charge in [-0.25, -0.2) is 14.0 Å². The van der Waals surface area contributed by atoms with Gasteiger partial charge in [0.2, 0.25) is 0 Å². The Labute approximate surface area is 209 Å². The van der Waals surface area contributed by atoms with Crippen molar-refractivity contribution >= 4 is 11.7 Å². The number of rotatable bonds is 7. The van der Waals surface area contributed by atoms with E-state index in [1.54, 1.807) is 10.9 Å². The molecule has 8 heteroatoms. The third-order valence-electron chi connectivity index (χ3n) is 6.86. The Bertz CT molecular complexity index is 1360. The molecule has 0 saturated carbocycles. The highest BCUT2D eigenvalue weighted by atomic mass is 16.4. The van der Waals surface area contributed by atoms with E-state index in [1.807, 2.05) is 96.8 Å². The monoisotopic (exact) mass is 483 g/mol. The van der Waals surface area contributed by atoms with E-state index in [0.29, 0.717) is 13.1 Å². The number of carboxylic acid groups (broad SMARTS) is 1. The number of nitrogens with zero attached hydrogens (tertiary/aromatic N) is 5. The lowest BCUT2D eigenvalue weighted by Gasteiger charge is -2.39. The summed E-state index contributed by atoms with van der Waals surface area (Å²) in [6.45, 7) is 4.71. The molecule has 4 aromatic rings. The summed E-state index contributed by atoms with van der Waals surface area (Å²) in [6.07, 6.45) is 1.56. The van der Waals surface area contributed by atoms with E-state index in [1.165, 1.54) is 4.68 Å². The van der Waals surface area contributed by atoms with Crippen LogP contribution in [0.2, 0.25) is 0 Å². The lowest BCUT2D eigenvalue weighted by molar-refractivity contribution is -0.143. The van der Waals surface area contributed by atoms with Crippen LogP contribution in [0, 0.1) is 0 Å². The zero-order valence-electron chi connectivity index (χ0n) is 20.1. The number of anilines is 1. The molecule has 0 amide bonds. The summed E-state index contributed by atoms with van der Waals surface area (Å²) >= 11 is 0. The smallest absolute Gasteiger partial charge is 0.350 e. The predicted molar refractivity (Wildman–Crippen MR) is 139 cm³/mol. The van der Waals surface area contributed by atoms with Gasteiger partial charge in [-0.1, -0.05) is 60.7 Å². The van der Waals surface area contributed by atoms with Crippen molar-refractivity contribution in [3.05, 3.63) is 113 Å². The molecule has 3 aromatic carbocycles. The summed E-state index contributed by atoms with van der Waals surface area (Å²) in [5, 5.41) is 14.2. The molecule has 0 aliphatic carbocycles. The highest BCUT2D eigenvalue weighted by Crippen LogP contribution is 2.25. The molecule has 1 saturated heterocycles. The molecule has 2 atom stereocenters. The molecule has 1 aromatic heterocycles. The van der Waals surface area contributed by atoms with Crippen LogP contribution in [0.25, 0.3) is 5.69 Å². The van der Waals surface area contributed by atoms with Crippen molar-refractivity contribution in [2.24, 2.45) is 0 Å². The molecule has 2 heterocycles. The van der Waals surface area contributed by atoms with Crippen LogP contribution in [0.1, 0.15) is 30.1 Å². The van der Waals surface area contributed by atoms with Crippen molar-refractivity contribution in [2.45, 2.75) is 19.0 Å². The number of aromatic nitrogens is 3. The van der Waals surface area contributed by atoms with E-state index in [2.05, 4.69) is 10.00 Å². The van der Waals surface area contributed by atoms with Gasteiger partial charge in [-0.05, 0) is 42.3 Å². The van der Waals surface area contributed by atoms with Gasteiger partial charge in [0.1, 0.15) is 12.4 Å². The van der Waals surface area contributed by atoms with Gasteiger partial charge in [-0.15, -0.1) is 0 Å². The maximum atomic E-state index is 13.0. The zero-order chi connectivity index (χ0) is 25.1. The number of aliphatic carboxylic acids is 1. The Morgan fingerprint density at radius 2 is 1.36 bits per heavy atom. The minimum absolute atomic E-state index is 0.166. The van der Waals surface area contributed by atoms with Gasteiger partial charge in [-0.2, -0.15) is 5.10 Å². The van der Waals surface area contributed by atoms with Crippen LogP contribution in [-0.4, -0.2) is 56.5 Å². The van der Waals surface area contributed by atoms with Gasteiger partial charge >= 0.3 is 11.7 Å². The topological polar surface area (TPSA) is 83.6 Å². The first-order valence-electron chi connectivity index (χ1n) is 12.1. The molecule has 0 spiro atoms. The summed E-state index contributed by atoms with van der Waals surface area (Å²) in [5.74, 6) is -0.827. The Morgan fingerprint density at radius 3 is 1.94 bits per heavy atom. The fraction of sp³-hybridized carbons (Fsp3) is 0.250. The summed E-state index contributed by atoms with van der Waals surface area (Å²) in [4.78, 5) is 29.3. The number of carboxylic acids is 1. The Kier molecular flexibility index (Phi) is 6.69. The average Bonchev–Trinajstić information content (AvgIpc) is 3.31. The Morgan fingerprint density at radius 1 is 0.806 bits per heavy atom. The van der Waals surface area contributed by atoms with Crippen LogP contribution in [0.5, 0.6) is 0 Å². The molecule has 36 heavy (non-hydrogen) atoms. The van der Waals surface area contributed by atoms with Crippen molar-refractivity contribution in [3.8, 4) is 5.69 Å². The second-order valence-electron chi connectivity index (χ2n) is 9.01. The van der Waals surface area contributed by atoms with Crippen molar-refractivity contribution in [1.29, 1.82) is 0 Å².